The molecule has 2 rings (SSSR count). The molecule has 0 radical (unpaired) electrons. The van der Waals surface area contributed by atoms with Crippen molar-refractivity contribution in [2.24, 2.45) is 0 Å². The number of alkyl halides is 2. The van der Waals surface area contributed by atoms with Crippen LogP contribution in [0.4, 0.5) is 8.78 Å². The minimum absolute atomic E-state index is 0.0324. The van der Waals surface area contributed by atoms with Crippen LogP contribution in [0.3, 0.4) is 0 Å². The molecule has 0 bridgehead atoms. The summed E-state index contributed by atoms with van der Waals surface area (Å²) in [6.07, 6.45) is 0.537. The van der Waals surface area contributed by atoms with E-state index in [4.69, 9.17) is 0 Å². The van der Waals surface area contributed by atoms with Crippen molar-refractivity contribution in [3.63, 3.8) is 0 Å². The van der Waals surface area contributed by atoms with Crippen molar-refractivity contribution in [3.8, 4) is 17.1 Å². The van der Waals surface area contributed by atoms with E-state index in [2.05, 4.69) is 30.6 Å². The van der Waals surface area contributed by atoms with E-state index in [1.165, 1.54) is 6.07 Å². The maximum absolute atomic E-state index is 12.4. The molecular formula is C13H11BrF2N2O2. The molecule has 0 saturated heterocycles. The average molecular weight is 345 g/mol. The van der Waals surface area contributed by atoms with Gasteiger partial charge in [-0.1, -0.05) is 19.1 Å². The van der Waals surface area contributed by atoms with Crippen LogP contribution in [-0.4, -0.2) is 16.6 Å². The monoisotopic (exact) mass is 344 g/mol. The smallest absolute Gasteiger partial charge is 0.387 e. The van der Waals surface area contributed by atoms with Crippen molar-refractivity contribution in [1.29, 1.82) is 0 Å². The van der Waals surface area contributed by atoms with Gasteiger partial charge in [-0.2, -0.15) is 8.78 Å². The first-order chi connectivity index (χ1) is 9.52. The van der Waals surface area contributed by atoms with Crippen LogP contribution in [0.1, 0.15) is 12.6 Å². The largest absolute Gasteiger partial charge is 0.434 e. The van der Waals surface area contributed by atoms with Crippen molar-refractivity contribution >= 4 is 15.9 Å². The number of para-hydroxylation sites is 1. The van der Waals surface area contributed by atoms with Gasteiger partial charge in [0.2, 0.25) is 0 Å². The average Bonchev–Trinajstić information content (AvgIpc) is 2.42. The lowest BCUT2D eigenvalue weighted by Gasteiger charge is -2.11. The van der Waals surface area contributed by atoms with E-state index in [-0.39, 0.29) is 17.1 Å². The standard InChI is InChI=1S/C13H11BrF2N2O2/c1-2-8-10(14)12(19)18-11(17-8)7-5-3-4-6-9(7)20-13(15)16/h3-6,13H,2H2,1H3,(H,17,18,19). The lowest BCUT2D eigenvalue weighted by atomic mass is 10.2. The molecule has 2 aromatic rings. The molecular weight excluding hydrogens is 334 g/mol. The first kappa shape index (κ1) is 14.6. The second-order valence-corrected chi connectivity index (χ2v) is 4.70. The highest BCUT2D eigenvalue weighted by molar-refractivity contribution is 9.10. The van der Waals surface area contributed by atoms with Crippen molar-refractivity contribution in [1.82, 2.24) is 9.97 Å². The number of rotatable bonds is 4. The summed E-state index contributed by atoms with van der Waals surface area (Å²) in [4.78, 5) is 18.6. The second kappa shape index (κ2) is 6.13. The van der Waals surface area contributed by atoms with E-state index in [0.29, 0.717) is 22.2 Å². The molecule has 0 spiro atoms. The maximum Gasteiger partial charge on any atom is 0.387 e. The molecule has 20 heavy (non-hydrogen) atoms. The summed E-state index contributed by atoms with van der Waals surface area (Å²) in [6, 6.07) is 6.18. The highest BCUT2D eigenvalue weighted by Gasteiger charge is 2.14. The third-order valence-electron chi connectivity index (χ3n) is 2.62. The predicted octanol–water partition coefficient (Wildman–Crippen LogP) is 3.36. The van der Waals surface area contributed by atoms with Crippen LogP contribution >= 0.6 is 15.9 Å². The van der Waals surface area contributed by atoms with Crippen LogP contribution in [0.25, 0.3) is 11.4 Å². The van der Waals surface area contributed by atoms with Gasteiger partial charge < -0.3 is 9.72 Å². The third-order valence-corrected chi connectivity index (χ3v) is 3.44. The van der Waals surface area contributed by atoms with Crippen LogP contribution in [0.15, 0.2) is 33.5 Å². The fourth-order valence-electron chi connectivity index (χ4n) is 1.73. The fourth-order valence-corrected chi connectivity index (χ4v) is 2.20. The number of aryl methyl sites for hydroxylation is 1. The Hall–Kier alpha value is -1.76. The lowest BCUT2D eigenvalue weighted by molar-refractivity contribution is -0.0494. The van der Waals surface area contributed by atoms with Crippen molar-refractivity contribution in [2.75, 3.05) is 0 Å². The summed E-state index contributed by atoms with van der Waals surface area (Å²) < 4.78 is 29.5. The quantitative estimate of drug-likeness (QED) is 0.925. The minimum atomic E-state index is -2.94. The molecule has 0 unspecified atom stereocenters. The van der Waals surface area contributed by atoms with Gasteiger partial charge in [0.15, 0.2) is 0 Å². The number of nitrogens with zero attached hydrogens (tertiary/aromatic N) is 1. The summed E-state index contributed by atoms with van der Waals surface area (Å²) in [5, 5.41) is 0. The van der Waals surface area contributed by atoms with Crippen molar-refractivity contribution in [2.45, 2.75) is 20.0 Å². The Balaban J connectivity index is 2.57. The summed E-state index contributed by atoms with van der Waals surface area (Å²) in [6.45, 7) is -1.10. The lowest BCUT2D eigenvalue weighted by Crippen LogP contribution is -2.14. The predicted molar refractivity (Wildman–Crippen MR) is 74.0 cm³/mol. The van der Waals surface area contributed by atoms with E-state index in [0.717, 1.165) is 0 Å². The van der Waals surface area contributed by atoms with Crippen LogP contribution in [-0.2, 0) is 6.42 Å². The topological polar surface area (TPSA) is 55.0 Å². The van der Waals surface area contributed by atoms with Gasteiger partial charge in [-0.15, -0.1) is 0 Å². The second-order valence-electron chi connectivity index (χ2n) is 3.90. The van der Waals surface area contributed by atoms with Gasteiger partial charge in [0.05, 0.1) is 11.3 Å². The molecule has 0 fully saturated rings. The van der Waals surface area contributed by atoms with Crippen molar-refractivity contribution in [3.05, 3.63) is 44.8 Å². The zero-order valence-corrected chi connectivity index (χ0v) is 12.1. The van der Waals surface area contributed by atoms with Gasteiger partial charge in [-0.3, -0.25) is 4.79 Å². The van der Waals surface area contributed by atoms with Crippen LogP contribution < -0.4 is 10.3 Å². The molecule has 1 N–H and O–H groups in total. The molecule has 0 aliphatic carbocycles. The Bertz CT molecular complexity index is 674. The molecule has 0 atom stereocenters. The number of aromatic nitrogens is 2. The molecule has 1 heterocycles. The summed E-state index contributed by atoms with van der Waals surface area (Å²) in [5.41, 5.74) is 0.501. The number of benzene rings is 1. The fraction of sp³-hybridized carbons (Fsp3) is 0.231. The first-order valence-electron chi connectivity index (χ1n) is 5.85. The molecule has 4 nitrogen and oxygen atoms in total. The van der Waals surface area contributed by atoms with Gasteiger partial charge in [-0.25, -0.2) is 4.98 Å². The molecule has 106 valence electrons. The normalized spacial score (nSPS) is 10.8. The molecule has 1 aromatic heterocycles. The highest BCUT2D eigenvalue weighted by Crippen LogP contribution is 2.28. The Morgan fingerprint density at radius 2 is 2.10 bits per heavy atom. The summed E-state index contributed by atoms with van der Waals surface area (Å²) in [5.74, 6) is 0.168. The molecule has 1 aromatic carbocycles. The SMILES string of the molecule is CCc1nc(-c2ccccc2OC(F)F)[nH]c(=O)c1Br. The molecule has 0 aliphatic heterocycles. The Morgan fingerprint density at radius 3 is 2.75 bits per heavy atom. The summed E-state index contributed by atoms with van der Waals surface area (Å²) in [7, 11) is 0. The number of nitrogens with one attached hydrogen (secondary N) is 1. The molecule has 0 amide bonds. The van der Waals surface area contributed by atoms with E-state index < -0.39 is 6.61 Å². The van der Waals surface area contributed by atoms with Crippen LogP contribution in [0.5, 0.6) is 5.75 Å². The highest BCUT2D eigenvalue weighted by atomic mass is 79.9. The van der Waals surface area contributed by atoms with E-state index in [1.54, 1.807) is 18.2 Å². The van der Waals surface area contributed by atoms with Gasteiger partial charge in [0, 0.05) is 0 Å². The molecule has 0 saturated carbocycles. The number of H-pyrrole nitrogens is 1. The Labute approximate surface area is 121 Å². The number of aromatic amines is 1. The van der Waals surface area contributed by atoms with Gasteiger partial charge in [0.1, 0.15) is 16.0 Å². The zero-order valence-electron chi connectivity index (χ0n) is 10.5. The van der Waals surface area contributed by atoms with Gasteiger partial charge >= 0.3 is 6.61 Å². The first-order valence-corrected chi connectivity index (χ1v) is 6.65. The number of ether oxygens (including phenoxy) is 1. The number of hydrogen-bond donors (Lipinski definition) is 1. The van der Waals surface area contributed by atoms with Crippen LogP contribution in [0, 0.1) is 0 Å². The number of hydrogen-bond acceptors (Lipinski definition) is 3. The Morgan fingerprint density at radius 1 is 1.40 bits per heavy atom. The minimum Gasteiger partial charge on any atom is -0.434 e. The molecule has 0 aliphatic rings. The zero-order chi connectivity index (χ0) is 14.7. The maximum atomic E-state index is 12.4. The van der Waals surface area contributed by atoms with Gasteiger partial charge in [0.25, 0.3) is 5.56 Å². The Kier molecular flexibility index (Phi) is 4.49. The van der Waals surface area contributed by atoms with Crippen molar-refractivity contribution < 1.29 is 13.5 Å². The number of halogens is 3. The van der Waals surface area contributed by atoms with E-state index in [9.17, 15) is 13.6 Å². The van der Waals surface area contributed by atoms with E-state index in [1.807, 2.05) is 6.92 Å². The van der Waals surface area contributed by atoms with Gasteiger partial charge in [-0.05, 0) is 34.5 Å². The summed E-state index contributed by atoms with van der Waals surface area (Å²) >= 11 is 3.15. The molecule has 7 heteroatoms. The van der Waals surface area contributed by atoms with Crippen LogP contribution in [0.2, 0.25) is 0 Å². The van der Waals surface area contributed by atoms with E-state index >= 15 is 0 Å². The third kappa shape index (κ3) is 3.04.